The summed E-state index contributed by atoms with van der Waals surface area (Å²) < 4.78 is 16.7. The first-order valence-corrected chi connectivity index (χ1v) is 9.13. The summed E-state index contributed by atoms with van der Waals surface area (Å²) >= 11 is 6.39. The van der Waals surface area contributed by atoms with Crippen molar-refractivity contribution in [2.45, 2.75) is 19.9 Å². The van der Waals surface area contributed by atoms with Gasteiger partial charge in [-0.2, -0.15) is 5.10 Å². The highest BCUT2D eigenvalue weighted by molar-refractivity contribution is 6.35. The van der Waals surface area contributed by atoms with Crippen LogP contribution in [0.15, 0.2) is 24.8 Å². The first kappa shape index (κ1) is 19.1. The summed E-state index contributed by atoms with van der Waals surface area (Å²) in [6.07, 6.45) is 6.22. The summed E-state index contributed by atoms with van der Waals surface area (Å²) in [5.41, 5.74) is 1.98. The third kappa shape index (κ3) is 3.36. The van der Waals surface area contributed by atoms with Crippen LogP contribution in [-0.4, -0.2) is 48.2 Å². The summed E-state index contributed by atoms with van der Waals surface area (Å²) in [7, 11) is 0. The van der Waals surface area contributed by atoms with Gasteiger partial charge in [-0.1, -0.05) is 11.6 Å². The molecule has 0 saturated carbocycles. The Morgan fingerprint density at radius 1 is 1.38 bits per heavy atom. The Balaban J connectivity index is 1.86. The highest BCUT2D eigenvalue weighted by Gasteiger charge is 2.22. The van der Waals surface area contributed by atoms with E-state index in [1.807, 2.05) is 13.8 Å². The molecule has 0 saturated heterocycles. The van der Waals surface area contributed by atoms with Crippen LogP contribution in [0.25, 0.3) is 27.8 Å². The number of fused-ring (bicyclic) bond motifs is 2. The van der Waals surface area contributed by atoms with Gasteiger partial charge in [-0.15, -0.1) is 0 Å². The van der Waals surface area contributed by atoms with Crippen molar-refractivity contribution in [3.05, 3.63) is 35.6 Å². The first-order valence-electron chi connectivity index (χ1n) is 8.75. The number of hydrogen-bond acceptors (Lipinski definition) is 6. The second-order valence-electron chi connectivity index (χ2n) is 6.71. The van der Waals surface area contributed by atoms with E-state index in [0.29, 0.717) is 27.8 Å². The second-order valence-corrected chi connectivity index (χ2v) is 7.08. The van der Waals surface area contributed by atoms with Crippen molar-refractivity contribution in [2.24, 2.45) is 0 Å². The molecule has 150 valence electrons. The minimum Gasteiger partial charge on any atom is -0.387 e. The number of aliphatic hydroxyl groups excluding tert-OH is 1. The van der Waals surface area contributed by atoms with E-state index in [1.54, 1.807) is 23.0 Å². The number of hydrogen-bond donors (Lipinski definition) is 4. The van der Waals surface area contributed by atoms with Gasteiger partial charge in [0.2, 0.25) is 0 Å². The molecule has 11 heteroatoms. The summed E-state index contributed by atoms with van der Waals surface area (Å²) in [5.74, 6) is -0.930. The fourth-order valence-corrected chi connectivity index (χ4v) is 3.35. The van der Waals surface area contributed by atoms with Crippen LogP contribution in [0.2, 0.25) is 5.02 Å². The molecule has 9 nitrogen and oxygen atoms in total. The molecule has 29 heavy (non-hydrogen) atoms. The highest BCUT2D eigenvalue weighted by Crippen LogP contribution is 2.40. The number of aliphatic hydroxyl groups is 1. The summed E-state index contributed by atoms with van der Waals surface area (Å²) in [4.78, 5) is 19.9. The lowest BCUT2D eigenvalue weighted by Gasteiger charge is -2.15. The SMILES string of the molecule is CC(C)Nc1c(F)c(Cl)c(-c2cn3cc(NC(=O)CO)nc3cn2)c2cn[nH]c12. The quantitative estimate of drug-likeness (QED) is 0.396. The van der Waals surface area contributed by atoms with Gasteiger partial charge in [0, 0.05) is 23.2 Å². The van der Waals surface area contributed by atoms with E-state index < -0.39 is 18.3 Å². The number of aromatic amines is 1. The molecule has 4 rings (SSSR count). The van der Waals surface area contributed by atoms with Crippen LogP contribution < -0.4 is 10.6 Å². The molecule has 0 bridgehead atoms. The zero-order chi connectivity index (χ0) is 20.7. The highest BCUT2D eigenvalue weighted by atomic mass is 35.5. The van der Waals surface area contributed by atoms with Gasteiger partial charge in [0.15, 0.2) is 17.3 Å². The molecule has 1 amide bonds. The van der Waals surface area contributed by atoms with Crippen molar-refractivity contribution in [1.82, 2.24) is 24.6 Å². The van der Waals surface area contributed by atoms with Gasteiger partial charge in [0.1, 0.15) is 6.61 Å². The molecule has 0 atom stereocenters. The van der Waals surface area contributed by atoms with Gasteiger partial charge in [0.25, 0.3) is 5.91 Å². The molecule has 0 fully saturated rings. The fraction of sp³-hybridized carbons (Fsp3) is 0.222. The van der Waals surface area contributed by atoms with E-state index in [-0.39, 0.29) is 22.6 Å². The summed E-state index contributed by atoms with van der Waals surface area (Å²) in [6, 6.07) is -0.00843. The van der Waals surface area contributed by atoms with E-state index in [4.69, 9.17) is 16.7 Å². The van der Waals surface area contributed by atoms with Gasteiger partial charge in [-0.25, -0.2) is 9.37 Å². The van der Waals surface area contributed by atoms with Crippen LogP contribution in [0.3, 0.4) is 0 Å². The number of amides is 1. The minimum absolute atomic E-state index is 0.00843. The molecule has 3 aromatic heterocycles. The predicted molar refractivity (Wildman–Crippen MR) is 108 cm³/mol. The van der Waals surface area contributed by atoms with Crippen LogP contribution >= 0.6 is 11.6 Å². The van der Waals surface area contributed by atoms with Crippen LogP contribution in [0.4, 0.5) is 15.9 Å². The minimum atomic E-state index is -0.651. The molecule has 3 heterocycles. The number of nitrogens with zero attached hydrogens (tertiary/aromatic N) is 4. The molecule has 0 aliphatic rings. The topological polar surface area (TPSA) is 120 Å². The number of carbonyl (C=O) groups is 1. The third-order valence-corrected chi connectivity index (χ3v) is 4.59. The van der Waals surface area contributed by atoms with Crippen LogP contribution in [0.5, 0.6) is 0 Å². The number of imidazole rings is 1. The number of halogens is 2. The summed E-state index contributed by atoms with van der Waals surface area (Å²) in [6.45, 7) is 3.14. The Morgan fingerprint density at radius 2 is 2.17 bits per heavy atom. The maximum atomic E-state index is 15.1. The van der Waals surface area contributed by atoms with Gasteiger partial charge < -0.3 is 20.1 Å². The molecule has 0 unspecified atom stereocenters. The van der Waals surface area contributed by atoms with Crippen LogP contribution in [0.1, 0.15) is 13.8 Å². The fourth-order valence-electron chi connectivity index (χ4n) is 3.06. The van der Waals surface area contributed by atoms with E-state index in [1.165, 1.54) is 6.20 Å². The smallest absolute Gasteiger partial charge is 0.251 e. The molecule has 4 aromatic rings. The predicted octanol–water partition coefficient (Wildman–Crippen LogP) is 2.82. The molecule has 0 aliphatic heterocycles. The van der Waals surface area contributed by atoms with Crippen molar-refractivity contribution in [2.75, 3.05) is 17.2 Å². The number of anilines is 2. The third-order valence-electron chi connectivity index (χ3n) is 4.23. The van der Waals surface area contributed by atoms with Crippen molar-refractivity contribution in [3.63, 3.8) is 0 Å². The molecule has 1 aromatic carbocycles. The van der Waals surface area contributed by atoms with E-state index in [0.717, 1.165) is 0 Å². The molecule has 0 spiro atoms. The number of H-pyrrole nitrogens is 1. The van der Waals surface area contributed by atoms with E-state index in [9.17, 15) is 4.79 Å². The molecule has 0 radical (unpaired) electrons. The first-order chi connectivity index (χ1) is 13.9. The monoisotopic (exact) mass is 417 g/mol. The van der Waals surface area contributed by atoms with Crippen molar-refractivity contribution in [1.29, 1.82) is 0 Å². The number of nitrogens with one attached hydrogen (secondary N) is 3. The average Bonchev–Trinajstić information content (AvgIpc) is 3.31. The Kier molecular flexibility index (Phi) is 4.81. The standard InChI is InChI=1S/C18H17ClFN7O2/c1-8(2)23-18-16(20)15(19)14(9-3-22-26-17(9)18)10-5-27-6-11(25-13(29)7-28)24-12(27)4-21-10/h3-6,8,23,28H,7H2,1-2H3,(H,22,26)(H,25,29). The van der Waals surface area contributed by atoms with E-state index in [2.05, 4.69) is 30.8 Å². The normalized spacial score (nSPS) is 11.5. The van der Waals surface area contributed by atoms with Crippen molar-refractivity contribution in [3.8, 4) is 11.3 Å². The number of rotatable bonds is 5. The Hall–Kier alpha value is -3.24. The molecule has 0 aliphatic carbocycles. The largest absolute Gasteiger partial charge is 0.387 e. The molecular formula is C18H17ClFN7O2. The van der Waals surface area contributed by atoms with Crippen molar-refractivity contribution < 1.29 is 14.3 Å². The Morgan fingerprint density at radius 3 is 2.90 bits per heavy atom. The number of carbonyl (C=O) groups excluding carboxylic acids is 1. The van der Waals surface area contributed by atoms with Crippen LogP contribution in [-0.2, 0) is 4.79 Å². The van der Waals surface area contributed by atoms with Gasteiger partial charge >= 0.3 is 0 Å². The maximum absolute atomic E-state index is 15.1. The summed E-state index contributed by atoms with van der Waals surface area (Å²) in [5, 5.41) is 21.7. The second kappa shape index (κ2) is 7.30. The molecule has 4 N–H and O–H groups in total. The zero-order valence-electron chi connectivity index (χ0n) is 15.5. The number of benzene rings is 1. The number of aromatic nitrogens is 5. The molecular weight excluding hydrogens is 401 g/mol. The van der Waals surface area contributed by atoms with E-state index >= 15 is 4.39 Å². The Bertz CT molecular complexity index is 1230. The van der Waals surface area contributed by atoms with Gasteiger partial charge in [-0.05, 0) is 13.8 Å². The van der Waals surface area contributed by atoms with Crippen molar-refractivity contribution >= 4 is 45.6 Å². The lowest BCUT2D eigenvalue weighted by Crippen LogP contribution is -2.15. The average molecular weight is 418 g/mol. The van der Waals surface area contributed by atoms with Gasteiger partial charge in [0.05, 0.1) is 40.5 Å². The lowest BCUT2D eigenvalue weighted by atomic mass is 10.1. The van der Waals surface area contributed by atoms with Gasteiger partial charge in [-0.3, -0.25) is 14.9 Å². The van der Waals surface area contributed by atoms with Crippen LogP contribution in [0, 0.1) is 5.82 Å². The maximum Gasteiger partial charge on any atom is 0.251 e. The lowest BCUT2D eigenvalue weighted by molar-refractivity contribution is -0.118. The Labute approximate surface area is 168 Å². The zero-order valence-corrected chi connectivity index (χ0v) is 16.3.